The third kappa shape index (κ3) is 4.48. The van der Waals surface area contributed by atoms with E-state index in [-0.39, 0.29) is 17.1 Å². The molecule has 1 aromatic carbocycles. The SMILES string of the molecule is O=C(Nc1ccc([N+](=O)[O-])cc1)/C(=C/c1ccco1)NC(=O)c1ccco1. The first-order valence-electron chi connectivity index (χ1n) is 7.69. The Balaban J connectivity index is 1.80. The number of nitro groups is 1. The molecule has 27 heavy (non-hydrogen) atoms. The van der Waals surface area contributed by atoms with Crippen LogP contribution < -0.4 is 10.6 Å². The molecule has 9 heteroatoms. The summed E-state index contributed by atoms with van der Waals surface area (Å²) in [4.78, 5) is 34.9. The molecule has 0 aliphatic rings. The molecule has 0 bridgehead atoms. The van der Waals surface area contributed by atoms with Crippen LogP contribution in [0.5, 0.6) is 0 Å². The van der Waals surface area contributed by atoms with E-state index >= 15 is 0 Å². The molecular formula is C18H13N3O6. The van der Waals surface area contributed by atoms with Gasteiger partial charge in [-0.3, -0.25) is 19.7 Å². The summed E-state index contributed by atoms with van der Waals surface area (Å²) in [5, 5.41) is 15.7. The fraction of sp³-hybridized carbons (Fsp3) is 0. The molecule has 3 aromatic rings. The Bertz CT molecular complexity index is 973. The number of hydrogen-bond acceptors (Lipinski definition) is 6. The van der Waals surface area contributed by atoms with Crippen LogP contribution in [-0.4, -0.2) is 16.7 Å². The fourth-order valence-corrected chi connectivity index (χ4v) is 2.13. The molecule has 0 spiro atoms. The number of non-ortho nitro benzene ring substituents is 1. The van der Waals surface area contributed by atoms with Crippen LogP contribution in [0.3, 0.4) is 0 Å². The van der Waals surface area contributed by atoms with Crippen LogP contribution in [0.2, 0.25) is 0 Å². The zero-order chi connectivity index (χ0) is 19.2. The Morgan fingerprint density at radius 3 is 2.30 bits per heavy atom. The number of nitrogens with one attached hydrogen (secondary N) is 2. The van der Waals surface area contributed by atoms with Gasteiger partial charge in [0.15, 0.2) is 5.76 Å². The summed E-state index contributed by atoms with van der Waals surface area (Å²) in [6.07, 6.45) is 4.11. The molecule has 2 amide bonds. The van der Waals surface area contributed by atoms with Crippen molar-refractivity contribution < 1.29 is 23.3 Å². The molecule has 0 radical (unpaired) electrons. The van der Waals surface area contributed by atoms with Crippen molar-refractivity contribution in [2.45, 2.75) is 0 Å². The lowest BCUT2D eigenvalue weighted by Crippen LogP contribution is -2.30. The molecule has 136 valence electrons. The number of furan rings is 2. The maximum atomic E-state index is 12.6. The lowest BCUT2D eigenvalue weighted by Gasteiger charge is -2.09. The maximum absolute atomic E-state index is 12.6. The van der Waals surface area contributed by atoms with E-state index in [0.29, 0.717) is 11.4 Å². The summed E-state index contributed by atoms with van der Waals surface area (Å²) < 4.78 is 10.2. The summed E-state index contributed by atoms with van der Waals surface area (Å²) in [6, 6.07) is 11.5. The minimum Gasteiger partial charge on any atom is -0.465 e. The molecule has 0 atom stereocenters. The standard InChI is InChI=1S/C18H13N3O6/c22-17(19-12-5-7-13(8-6-12)21(24)25)15(11-14-3-1-9-26-14)20-18(23)16-4-2-10-27-16/h1-11H,(H,19,22)(H,20,23)/b15-11-. The zero-order valence-electron chi connectivity index (χ0n) is 13.7. The lowest BCUT2D eigenvalue weighted by atomic mass is 10.2. The number of amides is 2. The predicted octanol–water partition coefficient (Wildman–Crippen LogP) is 3.19. The molecule has 0 aliphatic heterocycles. The number of benzene rings is 1. The molecule has 3 rings (SSSR count). The number of carbonyl (C=O) groups excluding carboxylic acids is 2. The van der Waals surface area contributed by atoms with Crippen molar-refractivity contribution in [1.29, 1.82) is 0 Å². The predicted molar refractivity (Wildman–Crippen MR) is 94.6 cm³/mol. The van der Waals surface area contributed by atoms with Crippen LogP contribution in [0.1, 0.15) is 16.3 Å². The van der Waals surface area contributed by atoms with E-state index in [0.717, 1.165) is 0 Å². The number of anilines is 1. The van der Waals surface area contributed by atoms with Crippen molar-refractivity contribution in [3.8, 4) is 0 Å². The molecule has 9 nitrogen and oxygen atoms in total. The summed E-state index contributed by atoms with van der Waals surface area (Å²) in [5.41, 5.74) is 0.123. The van der Waals surface area contributed by atoms with Gasteiger partial charge in [0.25, 0.3) is 17.5 Å². The van der Waals surface area contributed by atoms with Crippen LogP contribution in [0.15, 0.2) is 75.6 Å². The Labute approximate surface area is 152 Å². The van der Waals surface area contributed by atoms with Gasteiger partial charge in [0.2, 0.25) is 0 Å². The van der Waals surface area contributed by atoms with Crippen molar-refractivity contribution in [3.63, 3.8) is 0 Å². The van der Waals surface area contributed by atoms with E-state index in [4.69, 9.17) is 8.83 Å². The fourth-order valence-electron chi connectivity index (χ4n) is 2.13. The van der Waals surface area contributed by atoms with E-state index in [2.05, 4.69) is 10.6 Å². The van der Waals surface area contributed by atoms with Crippen LogP contribution >= 0.6 is 0 Å². The molecule has 0 aliphatic carbocycles. The highest BCUT2D eigenvalue weighted by Crippen LogP contribution is 2.16. The topological polar surface area (TPSA) is 128 Å². The summed E-state index contributed by atoms with van der Waals surface area (Å²) in [6.45, 7) is 0. The average Bonchev–Trinajstić information content (AvgIpc) is 3.35. The van der Waals surface area contributed by atoms with Crippen molar-refractivity contribution in [2.75, 3.05) is 5.32 Å². The maximum Gasteiger partial charge on any atom is 0.291 e. The van der Waals surface area contributed by atoms with Gasteiger partial charge in [-0.05, 0) is 36.4 Å². The van der Waals surface area contributed by atoms with Crippen LogP contribution in [0.4, 0.5) is 11.4 Å². The highest BCUT2D eigenvalue weighted by atomic mass is 16.6. The van der Waals surface area contributed by atoms with E-state index in [1.165, 1.54) is 48.9 Å². The Morgan fingerprint density at radius 1 is 1.00 bits per heavy atom. The summed E-state index contributed by atoms with van der Waals surface area (Å²) in [5.74, 6) is -0.871. The molecule has 0 fully saturated rings. The van der Waals surface area contributed by atoms with E-state index in [9.17, 15) is 19.7 Å². The first kappa shape index (κ1) is 17.7. The van der Waals surface area contributed by atoms with Crippen molar-refractivity contribution in [1.82, 2.24) is 5.32 Å². The highest BCUT2D eigenvalue weighted by molar-refractivity contribution is 6.10. The number of nitro benzene ring substituents is 1. The molecule has 0 unspecified atom stereocenters. The average molecular weight is 367 g/mol. The van der Waals surface area contributed by atoms with Crippen LogP contribution in [0.25, 0.3) is 6.08 Å². The minimum atomic E-state index is -0.639. The van der Waals surface area contributed by atoms with Gasteiger partial charge >= 0.3 is 0 Å². The van der Waals surface area contributed by atoms with Crippen LogP contribution in [-0.2, 0) is 4.79 Å². The van der Waals surface area contributed by atoms with Gasteiger partial charge in [-0.15, -0.1) is 0 Å². The van der Waals surface area contributed by atoms with Crippen molar-refractivity contribution in [3.05, 3.63) is 88.4 Å². The first-order chi connectivity index (χ1) is 13.0. The second-order valence-electron chi connectivity index (χ2n) is 5.26. The summed E-state index contributed by atoms with van der Waals surface area (Å²) in [7, 11) is 0. The van der Waals surface area contributed by atoms with Gasteiger partial charge in [-0.2, -0.15) is 0 Å². The molecular weight excluding hydrogens is 354 g/mol. The van der Waals surface area contributed by atoms with Gasteiger partial charge in [0.1, 0.15) is 11.5 Å². The normalized spacial score (nSPS) is 11.0. The smallest absolute Gasteiger partial charge is 0.291 e. The molecule has 2 aromatic heterocycles. The van der Waals surface area contributed by atoms with Gasteiger partial charge in [0.05, 0.1) is 17.4 Å². The van der Waals surface area contributed by atoms with Gasteiger partial charge in [-0.25, -0.2) is 0 Å². The van der Waals surface area contributed by atoms with Crippen molar-refractivity contribution >= 4 is 29.3 Å². The zero-order valence-corrected chi connectivity index (χ0v) is 13.7. The summed E-state index contributed by atoms with van der Waals surface area (Å²) >= 11 is 0. The second-order valence-corrected chi connectivity index (χ2v) is 5.26. The molecule has 2 heterocycles. The minimum absolute atomic E-state index is 0.0310. The van der Waals surface area contributed by atoms with Gasteiger partial charge in [-0.1, -0.05) is 0 Å². The van der Waals surface area contributed by atoms with Crippen LogP contribution in [0, 0.1) is 10.1 Å². The molecule has 0 saturated heterocycles. The Hall–Kier alpha value is -4.14. The van der Waals surface area contributed by atoms with E-state index < -0.39 is 16.7 Å². The number of hydrogen-bond donors (Lipinski definition) is 2. The lowest BCUT2D eigenvalue weighted by molar-refractivity contribution is -0.384. The third-order valence-electron chi connectivity index (χ3n) is 3.40. The van der Waals surface area contributed by atoms with E-state index in [1.54, 1.807) is 18.2 Å². The van der Waals surface area contributed by atoms with E-state index in [1.807, 2.05) is 0 Å². The highest BCUT2D eigenvalue weighted by Gasteiger charge is 2.17. The number of rotatable bonds is 6. The molecule has 2 N–H and O–H groups in total. The second kappa shape index (κ2) is 7.83. The third-order valence-corrected chi connectivity index (χ3v) is 3.40. The number of nitrogens with zero attached hydrogens (tertiary/aromatic N) is 1. The number of carbonyl (C=O) groups is 2. The Morgan fingerprint density at radius 2 is 1.70 bits per heavy atom. The molecule has 0 saturated carbocycles. The van der Waals surface area contributed by atoms with Gasteiger partial charge in [0, 0.05) is 23.9 Å². The Kier molecular flexibility index (Phi) is 5.12. The largest absolute Gasteiger partial charge is 0.465 e. The quantitative estimate of drug-likeness (QED) is 0.391. The van der Waals surface area contributed by atoms with Gasteiger partial charge < -0.3 is 19.5 Å². The van der Waals surface area contributed by atoms with Crippen molar-refractivity contribution in [2.24, 2.45) is 0 Å². The first-order valence-corrected chi connectivity index (χ1v) is 7.69. The monoisotopic (exact) mass is 367 g/mol.